The molecule has 0 aromatic carbocycles. The zero-order chi connectivity index (χ0) is 12.2. The maximum Gasteiger partial charge on any atom is 0.227 e. The van der Waals surface area contributed by atoms with Gasteiger partial charge in [-0.1, -0.05) is 5.16 Å². The number of aromatic nitrogens is 2. The second-order valence-corrected chi connectivity index (χ2v) is 6.75. The van der Waals surface area contributed by atoms with Crippen LogP contribution in [0.2, 0.25) is 0 Å². The topological polar surface area (TPSA) is 64.9 Å². The fraction of sp³-hybridized carbons (Fsp3) is 0.857. The molecule has 1 aromatic rings. The molecule has 0 aliphatic heterocycles. The van der Waals surface area contributed by atoms with Gasteiger partial charge in [-0.3, -0.25) is 0 Å². The zero-order valence-electron chi connectivity index (χ0n) is 11.2. The van der Waals surface area contributed by atoms with Crippen molar-refractivity contribution < 1.29 is 4.52 Å². The molecular weight excluding hydrogens is 262 g/mol. The van der Waals surface area contributed by atoms with Gasteiger partial charge in [0.2, 0.25) is 5.89 Å². The Morgan fingerprint density at radius 1 is 1.11 bits per heavy atom. The van der Waals surface area contributed by atoms with Crippen LogP contribution in [0.4, 0.5) is 0 Å². The van der Waals surface area contributed by atoms with Crippen LogP contribution in [-0.4, -0.2) is 16.7 Å². The summed E-state index contributed by atoms with van der Waals surface area (Å²) in [4.78, 5) is 4.63. The third-order valence-electron chi connectivity index (χ3n) is 5.34. The van der Waals surface area contributed by atoms with E-state index < -0.39 is 0 Å². The van der Waals surface area contributed by atoms with Crippen LogP contribution in [0.5, 0.6) is 0 Å². The van der Waals surface area contributed by atoms with Crippen LogP contribution < -0.4 is 5.73 Å². The summed E-state index contributed by atoms with van der Waals surface area (Å²) in [5, 5.41) is 4.28. The maximum atomic E-state index is 5.55. The molecule has 106 valence electrons. The van der Waals surface area contributed by atoms with Crippen LogP contribution in [0.1, 0.15) is 50.2 Å². The molecule has 0 atom stereocenters. The van der Waals surface area contributed by atoms with E-state index in [0.717, 1.165) is 29.5 Å². The molecular formula is C14H22ClN3O. The molecule has 0 amide bonds. The van der Waals surface area contributed by atoms with Gasteiger partial charge < -0.3 is 10.3 Å². The molecule has 1 aromatic heterocycles. The Morgan fingerprint density at radius 2 is 1.68 bits per heavy atom. The highest BCUT2D eigenvalue weighted by atomic mass is 35.5. The highest BCUT2D eigenvalue weighted by molar-refractivity contribution is 5.85. The fourth-order valence-corrected chi connectivity index (χ4v) is 5.08. The van der Waals surface area contributed by atoms with Crippen LogP contribution in [0, 0.1) is 17.8 Å². The van der Waals surface area contributed by atoms with E-state index in [-0.39, 0.29) is 17.8 Å². The van der Waals surface area contributed by atoms with Crippen LogP contribution >= 0.6 is 12.4 Å². The molecule has 0 spiro atoms. The predicted molar refractivity (Wildman–Crippen MR) is 74.2 cm³/mol. The first kappa shape index (κ1) is 13.4. The number of rotatable bonds is 3. The molecule has 4 saturated carbocycles. The summed E-state index contributed by atoms with van der Waals surface area (Å²) in [6.45, 7) is 0.586. The van der Waals surface area contributed by atoms with E-state index in [0.29, 0.717) is 13.0 Å². The van der Waals surface area contributed by atoms with Crippen molar-refractivity contribution >= 4 is 12.4 Å². The summed E-state index contributed by atoms with van der Waals surface area (Å²) >= 11 is 0. The van der Waals surface area contributed by atoms with Crippen molar-refractivity contribution in [1.29, 1.82) is 0 Å². The first-order valence-corrected chi connectivity index (χ1v) is 7.30. The molecule has 4 fully saturated rings. The van der Waals surface area contributed by atoms with E-state index in [1.807, 2.05) is 0 Å². The number of nitrogens with zero attached hydrogens (tertiary/aromatic N) is 2. The van der Waals surface area contributed by atoms with Gasteiger partial charge >= 0.3 is 0 Å². The summed E-state index contributed by atoms with van der Waals surface area (Å²) in [6.07, 6.45) is 8.94. The van der Waals surface area contributed by atoms with E-state index >= 15 is 0 Å². The fourth-order valence-electron chi connectivity index (χ4n) is 5.08. The van der Waals surface area contributed by atoms with E-state index in [1.54, 1.807) is 0 Å². The van der Waals surface area contributed by atoms with E-state index in [4.69, 9.17) is 10.3 Å². The van der Waals surface area contributed by atoms with Crippen molar-refractivity contribution in [2.45, 2.75) is 50.4 Å². The highest BCUT2D eigenvalue weighted by Crippen LogP contribution is 2.60. The van der Waals surface area contributed by atoms with Gasteiger partial charge in [0.25, 0.3) is 0 Å². The molecule has 19 heavy (non-hydrogen) atoms. The lowest BCUT2D eigenvalue weighted by molar-refractivity contribution is -0.0103. The summed E-state index contributed by atoms with van der Waals surface area (Å²) in [5.74, 6) is 4.49. The van der Waals surface area contributed by atoms with E-state index in [9.17, 15) is 0 Å². The average Bonchev–Trinajstić information content (AvgIpc) is 2.77. The molecule has 4 bridgehead atoms. The Labute approximate surface area is 119 Å². The van der Waals surface area contributed by atoms with Crippen LogP contribution in [-0.2, 0) is 11.8 Å². The second-order valence-electron chi connectivity index (χ2n) is 6.75. The minimum absolute atomic E-state index is 0. The lowest BCUT2D eigenvalue weighted by atomic mass is 9.49. The molecule has 0 radical (unpaired) electrons. The molecule has 2 N–H and O–H groups in total. The SMILES string of the molecule is Cl.NCCc1nc(C23CC4CC(CC(C4)C2)C3)no1. The molecule has 0 saturated heterocycles. The molecule has 4 aliphatic rings. The summed E-state index contributed by atoms with van der Waals surface area (Å²) < 4.78 is 5.35. The Hall–Kier alpha value is -0.610. The lowest BCUT2D eigenvalue weighted by Gasteiger charge is -2.55. The van der Waals surface area contributed by atoms with E-state index in [1.165, 1.54) is 38.5 Å². The van der Waals surface area contributed by atoms with Gasteiger partial charge in [-0.15, -0.1) is 12.4 Å². The smallest absolute Gasteiger partial charge is 0.227 e. The van der Waals surface area contributed by atoms with Crippen molar-refractivity contribution in [2.75, 3.05) is 6.54 Å². The van der Waals surface area contributed by atoms with Crippen molar-refractivity contribution in [1.82, 2.24) is 10.1 Å². The second kappa shape index (κ2) is 4.74. The van der Waals surface area contributed by atoms with Gasteiger partial charge in [-0.05, 0) is 56.3 Å². The lowest BCUT2D eigenvalue weighted by Crippen LogP contribution is -2.49. The Bertz CT molecular complexity index is 424. The predicted octanol–water partition coefficient (Wildman–Crippen LogP) is 2.46. The number of hydrogen-bond acceptors (Lipinski definition) is 4. The Kier molecular flexibility index (Phi) is 3.34. The molecule has 4 aliphatic carbocycles. The monoisotopic (exact) mass is 283 g/mol. The Balaban J connectivity index is 0.00000110. The molecule has 5 heteroatoms. The largest absolute Gasteiger partial charge is 0.339 e. The van der Waals surface area contributed by atoms with Gasteiger partial charge in [0.15, 0.2) is 5.82 Å². The van der Waals surface area contributed by atoms with Crippen LogP contribution in [0.3, 0.4) is 0 Å². The first-order valence-electron chi connectivity index (χ1n) is 7.30. The molecule has 5 rings (SSSR count). The average molecular weight is 284 g/mol. The van der Waals surface area contributed by atoms with Crippen LogP contribution in [0.25, 0.3) is 0 Å². The number of nitrogens with two attached hydrogens (primary N) is 1. The van der Waals surface area contributed by atoms with Crippen LogP contribution in [0.15, 0.2) is 4.52 Å². The van der Waals surface area contributed by atoms with Gasteiger partial charge in [0, 0.05) is 18.4 Å². The van der Waals surface area contributed by atoms with Crippen molar-refractivity contribution in [3.63, 3.8) is 0 Å². The minimum atomic E-state index is 0. The van der Waals surface area contributed by atoms with Gasteiger partial charge in [-0.2, -0.15) is 4.98 Å². The van der Waals surface area contributed by atoms with Gasteiger partial charge in [0.05, 0.1) is 0 Å². The number of hydrogen-bond donors (Lipinski definition) is 1. The van der Waals surface area contributed by atoms with Crippen molar-refractivity contribution in [2.24, 2.45) is 23.5 Å². The maximum absolute atomic E-state index is 5.55. The quantitative estimate of drug-likeness (QED) is 0.925. The minimum Gasteiger partial charge on any atom is -0.339 e. The third kappa shape index (κ3) is 2.09. The normalized spacial score (nSPS) is 39.3. The standard InChI is InChI=1S/C14H21N3O.ClH/c15-2-1-12-16-13(17-18-12)14-6-9-3-10(7-14)5-11(4-9)8-14;/h9-11H,1-8,15H2;1H. The van der Waals surface area contributed by atoms with E-state index in [2.05, 4.69) is 10.1 Å². The zero-order valence-corrected chi connectivity index (χ0v) is 12.0. The number of halogens is 1. The van der Waals surface area contributed by atoms with Gasteiger partial charge in [0.1, 0.15) is 0 Å². The summed E-state index contributed by atoms with van der Waals surface area (Å²) in [6, 6.07) is 0. The molecule has 0 unspecified atom stereocenters. The molecule has 1 heterocycles. The third-order valence-corrected chi connectivity index (χ3v) is 5.34. The summed E-state index contributed by atoms with van der Waals surface area (Å²) in [5.41, 5.74) is 5.80. The Morgan fingerprint density at radius 3 is 2.21 bits per heavy atom. The molecule has 4 nitrogen and oxygen atoms in total. The highest BCUT2D eigenvalue weighted by Gasteiger charge is 2.53. The summed E-state index contributed by atoms with van der Waals surface area (Å²) in [7, 11) is 0. The van der Waals surface area contributed by atoms with Gasteiger partial charge in [-0.25, -0.2) is 0 Å². The first-order chi connectivity index (χ1) is 8.77. The van der Waals surface area contributed by atoms with Crippen molar-refractivity contribution in [3.05, 3.63) is 11.7 Å². The van der Waals surface area contributed by atoms with Crippen molar-refractivity contribution in [3.8, 4) is 0 Å².